The summed E-state index contributed by atoms with van der Waals surface area (Å²) in [5.41, 5.74) is 7.66. The van der Waals surface area contributed by atoms with E-state index in [1.165, 1.54) is 0 Å². The minimum Gasteiger partial charge on any atom is -0.383 e. The van der Waals surface area contributed by atoms with Crippen LogP contribution in [0.5, 0.6) is 0 Å². The van der Waals surface area contributed by atoms with Crippen LogP contribution in [0, 0.1) is 0 Å². The Hall–Kier alpha value is -1.55. The molecule has 18 heavy (non-hydrogen) atoms. The van der Waals surface area contributed by atoms with Gasteiger partial charge in [-0.1, -0.05) is 18.2 Å². The molecular formula is C14H20N2O2. The Balaban J connectivity index is 2.35. The van der Waals surface area contributed by atoms with Gasteiger partial charge in [0.05, 0.1) is 12.5 Å². The Morgan fingerprint density at radius 2 is 2.22 bits per heavy atom. The molecule has 0 radical (unpaired) electrons. The van der Waals surface area contributed by atoms with Crippen LogP contribution in [0.25, 0.3) is 0 Å². The fourth-order valence-electron chi connectivity index (χ4n) is 2.68. The van der Waals surface area contributed by atoms with Crippen LogP contribution in [0.1, 0.15) is 24.8 Å². The summed E-state index contributed by atoms with van der Waals surface area (Å²) in [5, 5.41) is 0. The van der Waals surface area contributed by atoms with Crippen LogP contribution in [0.2, 0.25) is 0 Å². The average molecular weight is 248 g/mol. The van der Waals surface area contributed by atoms with Gasteiger partial charge in [-0.3, -0.25) is 4.79 Å². The molecule has 0 spiro atoms. The van der Waals surface area contributed by atoms with Gasteiger partial charge in [-0.2, -0.15) is 0 Å². The van der Waals surface area contributed by atoms with Crippen molar-refractivity contribution in [2.75, 3.05) is 25.2 Å². The molecule has 0 saturated carbocycles. The van der Waals surface area contributed by atoms with Crippen LogP contribution < -0.4 is 10.6 Å². The molecule has 2 N–H and O–H groups in total. The molecule has 98 valence electrons. The number of nitrogens with zero attached hydrogens (tertiary/aromatic N) is 1. The third-order valence-electron chi connectivity index (χ3n) is 3.61. The molecule has 2 unspecified atom stereocenters. The van der Waals surface area contributed by atoms with Crippen molar-refractivity contribution in [1.82, 2.24) is 0 Å². The summed E-state index contributed by atoms with van der Waals surface area (Å²) < 4.78 is 5.15. The number of primary amides is 1. The van der Waals surface area contributed by atoms with E-state index in [0.717, 1.165) is 24.2 Å². The summed E-state index contributed by atoms with van der Waals surface area (Å²) in [6.07, 6.45) is 0.774. The molecule has 1 heterocycles. The highest BCUT2D eigenvalue weighted by Crippen LogP contribution is 2.37. The number of ether oxygens (including phenoxy) is 1. The molecule has 2 rings (SSSR count). The zero-order chi connectivity index (χ0) is 13.1. The number of hydrogen-bond donors (Lipinski definition) is 1. The molecule has 1 aliphatic rings. The normalized spacial score (nSPS) is 22.7. The van der Waals surface area contributed by atoms with E-state index in [9.17, 15) is 4.79 Å². The number of benzene rings is 1. The zero-order valence-electron chi connectivity index (χ0n) is 10.9. The van der Waals surface area contributed by atoms with E-state index >= 15 is 0 Å². The fourth-order valence-corrected chi connectivity index (χ4v) is 2.68. The SMILES string of the molecule is COCCN1c2ccccc2C(C(N)=O)CC1C. The van der Waals surface area contributed by atoms with E-state index in [2.05, 4.69) is 17.9 Å². The number of rotatable bonds is 4. The molecular weight excluding hydrogens is 228 g/mol. The number of fused-ring (bicyclic) bond motifs is 1. The summed E-state index contributed by atoms with van der Waals surface area (Å²) in [6, 6.07) is 8.30. The lowest BCUT2D eigenvalue weighted by Gasteiger charge is -2.39. The zero-order valence-corrected chi connectivity index (χ0v) is 10.9. The Kier molecular flexibility index (Phi) is 3.87. The summed E-state index contributed by atoms with van der Waals surface area (Å²) in [6.45, 7) is 3.64. The van der Waals surface area contributed by atoms with Crippen LogP contribution >= 0.6 is 0 Å². The first-order valence-electron chi connectivity index (χ1n) is 6.29. The molecule has 0 saturated heterocycles. The van der Waals surface area contributed by atoms with Gasteiger partial charge >= 0.3 is 0 Å². The van der Waals surface area contributed by atoms with Crippen LogP contribution in [0.15, 0.2) is 24.3 Å². The molecule has 4 nitrogen and oxygen atoms in total. The third kappa shape index (κ3) is 2.34. The highest BCUT2D eigenvalue weighted by molar-refractivity contribution is 5.85. The van der Waals surface area contributed by atoms with Gasteiger partial charge in [0, 0.05) is 25.4 Å². The van der Waals surface area contributed by atoms with Gasteiger partial charge in [0.25, 0.3) is 0 Å². The van der Waals surface area contributed by atoms with Crippen molar-refractivity contribution in [1.29, 1.82) is 0 Å². The first-order chi connectivity index (χ1) is 8.65. The van der Waals surface area contributed by atoms with Gasteiger partial charge in [-0.15, -0.1) is 0 Å². The van der Waals surface area contributed by atoms with Crippen LogP contribution in [-0.2, 0) is 9.53 Å². The van der Waals surface area contributed by atoms with Crippen molar-refractivity contribution in [3.63, 3.8) is 0 Å². The molecule has 1 aromatic carbocycles. The third-order valence-corrected chi connectivity index (χ3v) is 3.61. The maximum atomic E-state index is 11.6. The predicted molar refractivity (Wildman–Crippen MR) is 71.7 cm³/mol. The minimum absolute atomic E-state index is 0.171. The largest absolute Gasteiger partial charge is 0.383 e. The minimum atomic E-state index is -0.235. The smallest absolute Gasteiger partial charge is 0.225 e. The first kappa shape index (κ1) is 12.9. The Labute approximate surface area is 108 Å². The average Bonchev–Trinajstić information content (AvgIpc) is 2.36. The maximum absolute atomic E-state index is 11.6. The second kappa shape index (κ2) is 5.40. The number of para-hydroxylation sites is 1. The standard InChI is InChI=1S/C14H20N2O2/c1-10-9-12(14(15)17)11-5-3-4-6-13(11)16(10)7-8-18-2/h3-6,10,12H,7-9H2,1-2H3,(H2,15,17). The number of carbonyl (C=O) groups is 1. The van der Waals surface area contributed by atoms with Gasteiger partial charge in [0.15, 0.2) is 0 Å². The van der Waals surface area contributed by atoms with E-state index in [0.29, 0.717) is 12.6 Å². The van der Waals surface area contributed by atoms with E-state index in [-0.39, 0.29) is 11.8 Å². The quantitative estimate of drug-likeness (QED) is 0.878. The lowest BCUT2D eigenvalue weighted by atomic mass is 9.85. The summed E-state index contributed by atoms with van der Waals surface area (Å²) in [4.78, 5) is 13.9. The molecule has 1 amide bonds. The van der Waals surface area contributed by atoms with Crippen molar-refractivity contribution >= 4 is 11.6 Å². The first-order valence-corrected chi connectivity index (χ1v) is 6.29. The monoisotopic (exact) mass is 248 g/mol. The summed E-state index contributed by atoms with van der Waals surface area (Å²) >= 11 is 0. The second-order valence-corrected chi connectivity index (χ2v) is 4.78. The lowest BCUT2D eigenvalue weighted by Crippen LogP contribution is -2.43. The number of carbonyl (C=O) groups excluding carboxylic acids is 1. The van der Waals surface area contributed by atoms with Gasteiger partial charge in [0.1, 0.15) is 0 Å². The molecule has 1 aliphatic heterocycles. The molecule has 0 bridgehead atoms. The van der Waals surface area contributed by atoms with Crippen molar-refractivity contribution in [2.45, 2.75) is 25.3 Å². The van der Waals surface area contributed by atoms with Crippen molar-refractivity contribution in [3.8, 4) is 0 Å². The van der Waals surface area contributed by atoms with Crippen LogP contribution in [0.3, 0.4) is 0 Å². The maximum Gasteiger partial charge on any atom is 0.225 e. The van der Waals surface area contributed by atoms with Crippen molar-refractivity contribution in [2.24, 2.45) is 5.73 Å². The molecule has 0 aromatic heterocycles. The van der Waals surface area contributed by atoms with Gasteiger partial charge in [0.2, 0.25) is 5.91 Å². The van der Waals surface area contributed by atoms with Gasteiger partial charge in [-0.05, 0) is 25.0 Å². The summed E-state index contributed by atoms with van der Waals surface area (Å²) in [7, 11) is 1.70. The lowest BCUT2D eigenvalue weighted by molar-refractivity contribution is -0.119. The van der Waals surface area contributed by atoms with Crippen molar-refractivity contribution < 1.29 is 9.53 Å². The van der Waals surface area contributed by atoms with Gasteiger partial charge < -0.3 is 15.4 Å². The fraction of sp³-hybridized carbons (Fsp3) is 0.500. The number of methoxy groups -OCH3 is 1. The molecule has 1 aromatic rings. The molecule has 2 atom stereocenters. The van der Waals surface area contributed by atoms with Gasteiger partial charge in [-0.25, -0.2) is 0 Å². The Bertz CT molecular complexity index is 434. The van der Waals surface area contributed by atoms with E-state index in [1.807, 2.05) is 18.2 Å². The number of amides is 1. The topological polar surface area (TPSA) is 55.6 Å². The highest BCUT2D eigenvalue weighted by Gasteiger charge is 2.32. The van der Waals surface area contributed by atoms with Crippen molar-refractivity contribution in [3.05, 3.63) is 29.8 Å². The molecule has 4 heteroatoms. The predicted octanol–water partition coefficient (Wildman–Crippen LogP) is 1.50. The van der Waals surface area contributed by atoms with Crippen LogP contribution in [-0.4, -0.2) is 32.2 Å². The van der Waals surface area contributed by atoms with E-state index < -0.39 is 0 Å². The van der Waals surface area contributed by atoms with E-state index in [1.54, 1.807) is 7.11 Å². The number of anilines is 1. The Morgan fingerprint density at radius 1 is 1.50 bits per heavy atom. The van der Waals surface area contributed by atoms with Crippen LogP contribution in [0.4, 0.5) is 5.69 Å². The summed E-state index contributed by atoms with van der Waals surface area (Å²) in [5.74, 6) is -0.407. The molecule has 0 aliphatic carbocycles. The second-order valence-electron chi connectivity index (χ2n) is 4.78. The van der Waals surface area contributed by atoms with E-state index in [4.69, 9.17) is 10.5 Å². The highest BCUT2D eigenvalue weighted by atomic mass is 16.5. The Morgan fingerprint density at radius 3 is 2.89 bits per heavy atom. The number of nitrogens with two attached hydrogens (primary N) is 1. The number of hydrogen-bond acceptors (Lipinski definition) is 3. The molecule has 0 fully saturated rings.